The second-order valence-electron chi connectivity index (χ2n) is 7.41. The van der Waals surface area contributed by atoms with E-state index in [-0.39, 0.29) is 5.97 Å². The number of carbonyl (C=O) groups excluding carboxylic acids is 1. The number of cyclic esters (lactones) is 1. The summed E-state index contributed by atoms with van der Waals surface area (Å²) in [5.41, 5.74) is 1.41. The molecule has 4 heteroatoms. The van der Waals surface area contributed by atoms with Gasteiger partial charge in [0.25, 0.3) is 5.85 Å². The maximum atomic E-state index is 13.0. The van der Waals surface area contributed by atoms with Crippen molar-refractivity contribution in [1.82, 2.24) is 0 Å². The van der Waals surface area contributed by atoms with E-state index < -0.39 is 13.1 Å². The Morgan fingerprint density at radius 1 is 0.677 bits per heavy atom. The van der Waals surface area contributed by atoms with Crippen molar-refractivity contribution in [3.05, 3.63) is 120 Å². The number of benzene rings is 4. The van der Waals surface area contributed by atoms with Gasteiger partial charge in [0.15, 0.2) is 7.26 Å². The molecule has 0 radical (unpaired) electrons. The topological polar surface area (TPSA) is 35.5 Å². The maximum absolute atomic E-state index is 13.0. The van der Waals surface area contributed by atoms with Crippen molar-refractivity contribution >= 4 is 29.1 Å². The van der Waals surface area contributed by atoms with Crippen LogP contribution in [0.4, 0.5) is 0 Å². The average molecular weight is 425 g/mol. The standard InChI is InChI=1S/C27H22O3P/c1-29-24-19-11-18-23-25(24)27(30-26(23)28)31(20-12-5-2-6-13-20,21-14-7-3-8-15-21)22-16-9-4-10-17-22/h2-19,27H,1H3/q+1. The van der Waals surface area contributed by atoms with Gasteiger partial charge in [0.1, 0.15) is 21.7 Å². The number of ether oxygens (including phenoxy) is 2. The zero-order valence-corrected chi connectivity index (χ0v) is 18.0. The Morgan fingerprint density at radius 3 is 1.61 bits per heavy atom. The molecule has 0 amide bonds. The molecule has 1 aliphatic heterocycles. The second kappa shape index (κ2) is 8.02. The second-order valence-corrected chi connectivity index (χ2v) is 10.9. The number of hydrogen-bond acceptors (Lipinski definition) is 3. The van der Waals surface area contributed by atoms with Crippen molar-refractivity contribution in [2.75, 3.05) is 7.11 Å². The number of hydrogen-bond donors (Lipinski definition) is 0. The van der Waals surface area contributed by atoms with Crippen LogP contribution in [-0.2, 0) is 4.74 Å². The zero-order valence-electron chi connectivity index (χ0n) is 17.1. The minimum atomic E-state index is -2.43. The van der Waals surface area contributed by atoms with Crippen molar-refractivity contribution < 1.29 is 14.3 Å². The highest BCUT2D eigenvalue weighted by Crippen LogP contribution is 2.70. The molecule has 0 N–H and O–H groups in total. The lowest BCUT2D eigenvalue weighted by molar-refractivity contribution is 0.0513. The molecule has 0 saturated carbocycles. The summed E-state index contributed by atoms with van der Waals surface area (Å²) in [5, 5.41) is 3.47. The predicted molar refractivity (Wildman–Crippen MR) is 126 cm³/mol. The van der Waals surface area contributed by atoms with Gasteiger partial charge in [-0.3, -0.25) is 0 Å². The van der Waals surface area contributed by atoms with Crippen molar-refractivity contribution in [3.8, 4) is 5.75 Å². The number of esters is 1. The molecule has 1 atom stereocenters. The molecule has 1 unspecified atom stereocenters. The summed E-state index contributed by atoms with van der Waals surface area (Å²) >= 11 is 0. The summed E-state index contributed by atoms with van der Waals surface area (Å²) in [6, 6.07) is 36.8. The van der Waals surface area contributed by atoms with Gasteiger partial charge >= 0.3 is 5.97 Å². The lowest BCUT2D eigenvalue weighted by Crippen LogP contribution is -2.35. The van der Waals surface area contributed by atoms with Crippen LogP contribution in [0.5, 0.6) is 5.75 Å². The molecule has 4 aromatic rings. The number of methoxy groups -OCH3 is 1. The fraction of sp³-hybridized carbons (Fsp3) is 0.0741. The third-order valence-electron chi connectivity index (χ3n) is 5.81. The van der Waals surface area contributed by atoms with Gasteiger partial charge in [-0.05, 0) is 48.5 Å². The van der Waals surface area contributed by atoms with Gasteiger partial charge in [0.2, 0.25) is 0 Å². The third-order valence-corrected chi connectivity index (χ3v) is 10.2. The van der Waals surface area contributed by atoms with E-state index in [1.807, 2.05) is 36.4 Å². The highest BCUT2D eigenvalue weighted by atomic mass is 31.2. The molecule has 0 bridgehead atoms. The van der Waals surface area contributed by atoms with Gasteiger partial charge in [-0.15, -0.1) is 0 Å². The lowest BCUT2D eigenvalue weighted by atomic mass is 10.1. The molecule has 152 valence electrons. The van der Waals surface area contributed by atoms with Crippen molar-refractivity contribution in [3.63, 3.8) is 0 Å². The Morgan fingerprint density at radius 2 is 1.16 bits per heavy atom. The van der Waals surface area contributed by atoms with Crippen LogP contribution in [0.3, 0.4) is 0 Å². The van der Waals surface area contributed by atoms with Crippen LogP contribution in [0, 0.1) is 0 Å². The SMILES string of the molecule is COc1cccc2c1C([P+](c1ccccc1)(c1ccccc1)c1ccccc1)OC2=O. The van der Waals surface area contributed by atoms with Crippen LogP contribution in [-0.4, -0.2) is 13.1 Å². The van der Waals surface area contributed by atoms with Gasteiger partial charge in [-0.2, -0.15) is 0 Å². The Bertz CT molecular complexity index is 1110. The summed E-state index contributed by atoms with van der Waals surface area (Å²) in [6.45, 7) is 0. The first kappa shape index (κ1) is 19.5. The van der Waals surface area contributed by atoms with Crippen LogP contribution in [0.25, 0.3) is 0 Å². The molecule has 1 aliphatic rings. The van der Waals surface area contributed by atoms with Crippen molar-refractivity contribution in [1.29, 1.82) is 0 Å². The number of rotatable bonds is 5. The number of carbonyl (C=O) groups is 1. The molecule has 31 heavy (non-hydrogen) atoms. The van der Waals surface area contributed by atoms with E-state index in [1.54, 1.807) is 7.11 Å². The first-order valence-electron chi connectivity index (χ1n) is 10.2. The molecule has 0 spiro atoms. The van der Waals surface area contributed by atoms with Crippen LogP contribution in [0.1, 0.15) is 21.8 Å². The average Bonchev–Trinajstić information content (AvgIpc) is 3.19. The molecule has 0 saturated heterocycles. The van der Waals surface area contributed by atoms with Crippen molar-refractivity contribution in [2.24, 2.45) is 0 Å². The third kappa shape index (κ3) is 3.05. The van der Waals surface area contributed by atoms with Crippen LogP contribution < -0.4 is 20.7 Å². The fourth-order valence-corrected chi connectivity index (χ4v) is 9.04. The molecule has 5 rings (SSSR count). The van der Waals surface area contributed by atoms with E-state index in [1.165, 1.54) is 0 Å². The van der Waals surface area contributed by atoms with Crippen LogP contribution >= 0.6 is 7.26 Å². The molecular weight excluding hydrogens is 403 g/mol. The predicted octanol–water partition coefficient (Wildman–Crippen LogP) is 4.86. The van der Waals surface area contributed by atoms with E-state index >= 15 is 0 Å². The fourth-order valence-electron chi connectivity index (χ4n) is 4.49. The number of fused-ring (bicyclic) bond motifs is 1. The van der Waals surface area contributed by atoms with Gasteiger partial charge < -0.3 is 9.47 Å². The maximum Gasteiger partial charge on any atom is 0.342 e. The summed E-state index contributed by atoms with van der Waals surface area (Å²) in [7, 11) is -0.792. The molecular formula is C27H22O3P+. The monoisotopic (exact) mass is 425 g/mol. The highest BCUT2D eigenvalue weighted by molar-refractivity contribution is 7.95. The van der Waals surface area contributed by atoms with E-state index in [4.69, 9.17) is 9.47 Å². The Kier molecular flexibility index (Phi) is 5.05. The minimum Gasteiger partial charge on any atom is -0.496 e. The summed E-state index contributed by atoms with van der Waals surface area (Å²) < 4.78 is 12.0. The van der Waals surface area contributed by atoms with Gasteiger partial charge in [-0.25, -0.2) is 4.79 Å². The van der Waals surface area contributed by atoms with Crippen LogP contribution in [0.2, 0.25) is 0 Å². The van der Waals surface area contributed by atoms with Gasteiger partial charge in [-0.1, -0.05) is 60.7 Å². The van der Waals surface area contributed by atoms with Crippen molar-refractivity contribution in [2.45, 2.75) is 5.85 Å². The van der Waals surface area contributed by atoms with E-state index in [9.17, 15) is 4.79 Å². The zero-order chi connectivity index (χ0) is 21.3. The minimum absolute atomic E-state index is 0.300. The normalized spacial score (nSPS) is 15.3. The lowest BCUT2D eigenvalue weighted by Gasteiger charge is -2.32. The molecule has 0 aliphatic carbocycles. The van der Waals surface area contributed by atoms with E-state index in [0.29, 0.717) is 11.3 Å². The Labute approximate surface area is 182 Å². The van der Waals surface area contributed by atoms with Gasteiger partial charge in [0.05, 0.1) is 18.2 Å². The van der Waals surface area contributed by atoms with E-state index in [0.717, 1.165) is 21.5 Å². The molecule has 4 aromatic carbocycles. The summed E-state index contributed by atoms with van der Waals surface area (Å²) in [5.74, 6) is -0.0927. The molecule has 0 fully saturated rings. The van der Waals surface area contributed by atoms with Crippen LogP contribution in [0.15, 0.2) is 109 Å². The Hall–Kier alpha value is -3.42. The highest BCUT2D eigenvalue weighted by Gasteiger charge is 2.59. The first-order valence-corrected chi connectivity index (χ1v) is 12.1. The largest absolute Gasteiger partial charge is 0.496 e. The van der Waals surface area contributed by atoms with E-state index in [2.05, 4.69) is 72.8 Å². The smallest absolute Gasteiger partial charge is 0.342 e. The van der Waals surface area contributed by atoms with Gasteiger partial charge in [0, 0.05) is 0 Å². The first-order chi connectivity index (χ1) is 15.3. The molecule has 3 nitrogen and oxygen atoms in total. The summed E-state index contributed by atoms with van der Waals surface area (Å²) in [6.07, 6.45) is 0. The molecule has 1 heterocycles. The molecule has 0 aromatic heterocycles. The summed E-state index contributed by atoms with van der Waals surface area (Å²) in [4.78, 5) is 13.0. The quantitative estimate of drug-likeness (QED) is 0.339. The Balaban J connectivity index is 1.91.